The fraction of sp³-hybridized carbons (Fsp3) is 0.667. The number of aromatic nitrogens is 2. The van der Waals surface area contributed by atoms with Crippen molar-refractivity contribution in [2.75, 3.05) is 38.0 Å². The molecule has 0 saturated carbocycles. The highest BCUT2D eigenvalue weighted by molar-refractivity contribution is 7.98. The van der Waals surface area contributed by atoms with Crippen molar-refractivity contribution in [2.45, 2.75) is 19.5 Å². The third-order valence-corrected chi connectivity index (χ3v) is 3.76. The van der Waals surface area contributed by atoms with Crippen molar-refractivity contribution in [2.24, 2.45) is 0 Å². The van der Waals surface area contributed by atoms with E-state index in [1.807, 2.05) is 32.2 Å². The highest BCUT2D eigenvalue weighted by Crippen LogP contribution is 2.17. The summed E-state index contributed by atoms with van der Waals surface area (Å²) in [5.74, 6) is 0.944. The van der Waals surface area contributed by atoms with E-state index in [1.165, 1.54) is 4.68 Å². The summed E-state index contributed by atoms with van der Waals surface area (Å²) >= 11 is 7.84. The Balaban J connectivity index is 2.82. The first-order valence-electron chi connectivity index (χ1n) is 6.11. The molecule has 7 heteroatoms. The first kappa shape index (κ1) is 16.3. The van der Waals surface area contributed by atoms with Crippen molar-refractivity contribution in [1.29, 1.82) is 0 Å². The first-order chi connectivity index (χ1) is 8.95. The Morgan fingerprint density at radius 2 is 2.26 bits per heavy atom. The van der Waals surface area contributed by atoms with Crippen LogP contribution >= 0.6 is 23.4 Å². The molecular weight excluding hydrogens is 284 g/mol. The number of likely N-dealkylation sites (N-methyl/N-ethyl adjacent to an activating group) is 1. The van der Waals surface area contributed by atoms with Crippen LogP contribution in [0.3, 0.4) is 0 Å². The van der Waals surface area contributed by atoms with Gasteiger partial charge in [0.1, 0.15) is 5.02 Å². The molecule has 0 spiro atoms. The molecule has 0 saturated heterocycles. The molecule has 1 N–H and O–H groups in total. The lowest BCUT2D eigenvalue weighted by molar-refractivity contribution is 0.367. The summed E-state index contributed by atoms with van der Waals surface area (Å²) < 4.78 is 1.40. The Hall–Kier alpha value is -0.720. The van der Waals surface area contributed by atoms with Crippen molar-refractivity contribution in [1.82, 2.24) is 14.7 Å². The van der Waals surface area contributed by atoms with E-state index >= 15 is 0 Å². The molecule has 19 heavy (non-hydrogen) atoms. The number of rotatable bonds is 7. The lowest BCUT2D eigenvalue weighted by atomic mass is 10.3. The quantitative estimate of drug-likeness (QED) is 0.829. The number of hydrogen-bond acceptors (Lipinski definition) is 5. The van der Waals surface area contributed by atoms with Crippen LogP contribution in [0.5, 0.6) is 0 Å². The smallest absolute Gasteiger partial charge is 0.287 e. The van der Waals surface area contributed by atoms with Gasteiger partial charge in [0.25, 0.3) is 5.56 Å². The van der Waals surface area contributed by atoms with Gasteiger partial charge >= 0.3 is 0 Å². The van der Waals surface area contributed by atoms with E-state index in [2.05, 4.69) is 10.4 Å². The molecule has 108 valence electrons. The Morgan fingerprint density at radius 1 is 1.58 bits per heavy atom. The van der Waals surface area contributed by atoms with Gasteiger partial charge in [-0.2, -0.15) is 16.9 Å². The molecule has 1 rings (SSSR count). The van der Waals surface area contributed by atoms with Gasteiger partial charge in [0.2, 0.25) is 0 Å². The van der Waals surface area contributed by atoms with Crippen molar-refractivity contribution in [3.8, 4) is 0 Å². The van der Waals surface area contributed by atoms with Gasteiger partial charge in [-0.25, -0.2) is 4.68 Å². The van der Waals surface area contributed by atoms with Gasteiger partial charge in [0.15, 0.2) is 0 Å². The van der Waals surface area contributed by atoms with Crippen molar-refractivity contribution in [3.63, 3.8) is 0 Å². The van der Waals surface area contributed by atoms with Gasteiger partial charge in [-0.1, -0.05) is 11.6 Å². The maximum atomic E-state index is 12.0. The lowest BCUT2D eigenvalue weighted by Crippen LogP contribution is -2.30. The van der Waals surface area contributed by atoms with Crippen LogP contribution in [0.1, 0.15) is 6.92 Å². The van der Waals surface area contributed by atoms with E-state index in [0.717, 1.165) is 12.3 Å². The maximum absolute atomic E-state index is 12.0. The maximum Gasteiger partial charge on any atom is 0.287 e. The molecule has 5 nitrogen and oxygen atoms in total. The second-order valence-electron chi connectivity index (χ2n) is 4.70. The molecule has 1 unspecified atom stereocenters. The van der Waals surface area contributed by atoms with Crippen LogP contribution < -0.4 is 10.9 Å². The van der Waals surface area contributed by atoms with Crippen LogP contribution in [0, 0.1) is 0 Å². The average Bonchev–Trinajstić information content (AvgIpc) is 2.34. The molecule has 1 aromatic heterocycles. The fourth-order valence-electron chi connectivity index (χ4n) is 1.58. The molecule has 0 aliphatic heterocycles. The number of halogens is 1. The zero-order chi connectivity index (χ0) is 14.4. The molecule has 0 fully saturated rings. The van der Waals surface area contributed by atoms with E-state index in [0.29, 0.717) is 12.2 Å². The first-order valence-corrected chi connectivity index (χ1v) is 7.88. The van der Waals surface area contributed by atoms with Gasteiger partial charge in [0, 0.05) is 18.3 Å². The second-order valence-corrected chi connectivity index (χ2v) is 5.99. The van der Waals surface area contributed by atoms with Crippen molar-refractivity contribution >= 4 is 29.1 Å². The summed E-state index contributed by atoms with van der Waals surface area (Å²) in [6.07, 6.45) is 3.66. The average molecular weight is 305 g/mol. The molecule has 0 aliphatic carbocycles. The molecular formula is C12H21ClN4OS. The predicted octanol–water partition coefficient (Wildman–Crippen LogP) is 1.62. The standard InChI is InChI=1S/C12H21ClN4OS/c1-9(8-19-4)15-10-7-14-17(6-5-16(2)3)12(18)11(10)13/h7,9,15H,5-6,8H2,1-4H3. The van der Waals surface area contributed by atoms with Crippen LogP contribution in [-0.2, 0) is 6.54 Å². The third-order valence-electron chi connectivity index (χ3n) is 2.56. The van der Waals surface area contributed by atoms with Crippen molar-refractivity contribution < 1.29 is 0 Å². The van der Waals surface area contributed by atoms with Gasteiger partial charge < -0.3 is 10.2 Å². The molecule has 1 aromatic rings. The summed E-state index contributed by atoms with van der Waals surface area (Å²) in [6, 6.07) is 0.242. The van der Waals surface area contributed by atoms with E-state index in [9.17, 15) is 4.79 Å². The zero-order valence-electron chi connectivity index (χ0n) is 11.8. The zero-order valence-corrected chi connectivity index (χ0v) is 13.4. The summed E-state index contributed by atoms with van der Waals surface area (Å²) in [4.78, 5) is 14.0. The summed E-state index contributed by atoms with van der Waals surface area (Å²) in [6.45, 7) is 3.33. The van der Waals surface area contributed by atoms with Gasteiger partial charge in [-0.15, -0.1) is 0 Å². The molecule has 1 heterocycles. The molecule has 0 radical (unpaired) electrons. The predicted molar refractivity (Wildman–Crippen MR) is 83.5 cm³/mol. The minimum Gasteiger partial charge on any atom is -0.379 e. The lowest BCUT2D eigenvalue weighted by Gasteiger charge is -2.16. The normalized spacial score (nSPS) is 12.7. The van der Waals surface area contributed by atoms with Gasteiger partial charge in [-0.3, -0.25) is 4.79 Å². The number of hydrogen-bond donors (Lipinski definition) is 1. The number of nitrogens with one attached hydrogen (secondary N) is 1. The number of anilines is 1. The largest absolute Gasteiger partial charge is 0.379 e. The van der Waals surface area contributed by atoms with E-state index in [4.69, 9.17) is 11.6 Å². The van der Waals surface area contributed by atoms with Crippen LogP contribution in [0.4, 0.5) is 5.69 Å². The minimum atomic E-state index is -0.245. The molecule has 0 aliphatic rings. The summed E-state index contributed by atoms with van der Waals surface area (Å²) in [7, 11) is 3.90. The molecule has 1 atom stereocenters. The Bertz CT molecular complexity index is 464. The third kappa shape index (κ3) is 5.04. The van der Waals surface area contributed by atoms with Crippen LogP contribution in [0.15, 0.2) is 11.0 Å². The Kier molecular flexibility index (Phi) is 6.68. The highest BCUT2D eigenvalue weighted by atomic mass is 35.5. The summed E-state index contributed by atoms with van der Waals surface area (Å²) in [5, 5.41) is 7.56. The van der Waals surface area contributed by atoms with Gasteiger partial charge in [-0.05, 0) is 27.3 Å². The summed E-state index contributed by atoms with van der Waals surface area (Å²) in [5.41, 5.74) is 0.360. The topological polar surface area (TPSA) is 50.2 Å². The molecule has 0 amide bonds. The van der Waals surface area contributed by atoms with E-state index in [1.54, 1.807) is 18.0 Å². The van der Waals surface area contributed by atoms with Crippen molar-refractivity contribution in [3.05, 3.63) is 21.6 Å². The molecule has 0 bridgehead atoms. The second kappa shape index (κ2) is 7.77. The monoisotopic (exact) mass is 304 g/mol. The Labute approximate surface area is 123 Å². The SMILES string of the molecule is CSCC(C)Nc1cnn(CCN(C)C)c(=O)c1Cl. The Morgan fingerprint density at radius 3 is 2.84 bits per heavy atom. The molecule has 0 aromatic carbocycles. The van der Waals surface area contributed by atoms with E-state index < -0.39 is 0 Å². The van der Waals surface area contributed by atoms with Crippen LogP contribution in [0.25, 0.3) is 0 Å². The van der Waals surface area contributed by atoms with Crippen LogP contribution in [-0.4, -0.2) is 53.4 Å². The van der Waals surface area contributed by atoms with Crippen LogP contribution in [0.2, 0.25) is 5.02 Å². The van der Waals surface area contributed by atoms with E-state index in [-0.39, 0.29) is 16.6 Å². The fourth-order valence-corrected chi connectivity index (χ4v) is 2.36. The number of thioether (sulfide) groups is 1. The highest BCUT2D eigenvalue weighted by Gasteiger charge is 2.11. The minimum absolute atomic E-state index is 0.210. The van der Waals surface area contributed by atoms with Gasteiger partial charge in [0.05, 0.1) is 18.4 Å². The number of nitrogens with zero attached hydrogens (tertiary/aromatic N) is 3.